The molecule has 0 amide bonds. The van der Waals surface area contributed by atoms with Crippen LogP contribution in [0.5, 0.6) is 5.75 Å². The molecule has 0 N–H and O–H groups in total. The minimum absolute atomic E-state index is 0.201. The van der Waals surface area contributed by atoms with Crippen molar-refractivity contribution in [2.24, 2.45) is 0 Å². The summed E-state index contributed by atoms with van der Waals surface area (Å²) in [5, 5.41) is 0. The van der Waals surface area contributed by atoms with Crippen molar-refractivity contribution in [3.63, 3.8) is 0 Å². The summed E-state index contributed by atoms with van der Waals surface area (Å²) >= 11 is 0. The maximum Gasteiger partial charge on any atom is 0.329 e. The smallest absolute Gasteiger partial charge is 0.329 e. The Kier molecular flexibility index (Phi) is 5.44. The number of carbonyl (C=O) groups excluding carboxylic acids is 1. The van der Waals surface area contributed by atoms with E-state index in [9.17, 15) is 13.2 Å². The highest BCUT2D eigenvalue weighted by atomic mass is 32.2. The average molecular weight is 373 g/mol. The summed E-state index contributed by atoms with van der Waals surface area (Å²) in [6, 6.07) is 13.1. The molecule has 1 aliphatic rings. The molecule has 26 heavy (non-hydrogen) atoms. The summed E-state index contributed by atoms with van der Waals surface area (Å²) in [4.78, 5) is 13.0. The van der Waals surface area contributed by atoms with Gasteiger partial charge in [0.2, 0.25) is 10.0 Å². The van der Waals surface area contributed by atoms with Gasteiger partial charge < -0.3 is 4.74 Å². The molecule has 3 rings (SSSR count). The van der Waals surface area contributed by atoms with Crippen molar-refractivity contribution >= 4 is 16.0 Å². The number of para-hydroxylation sites is 1. The zero-order valence-electron chi connectivity index (χ0n) is 15.0. The Hall–Kier alpha value is -2.18. The SMILES string of the molecule is Cc1cccc(C)c1OC(=O)[C@H]1CCCCN1S(=O)(=O)c1ccccc1. The Bertz CT molecular complexity index is 873. The zero-order valence-corrected chi connectivity index (χ0v) is 15.8. The first-order valence-electron chi connectivity index (χ1n) is 8.76. The molecule has 138 valence electrons. The van der Waals surface area contributed by atoms with E-state index in [1.54, 1.807) is 30.3 Å². The summed E-state index contributed by atoms with van der Waals surface area (Å²) in [7, 11) is -3.74. The predicted octanol–water partition coefficient (Wildman–Crippen LogP) is 3.45. The number of aryl methyl sites for hydroxylation is 2. The molecule has 0 aromatic heterocycles. The van der Waals surface area contributed by atoms with Crippen molar-refractivity contribution in [2.75, 3.05) is 6.54 Å². The molecule has 1 heterocycles. The number of rotatable bonds is 4. The van der Waals surface area contributed by atoms with Gasteiger partial charge in [-0.2, -0.15) is 4.31 Å². The van der Waals surface area contributed by atoms with Gasteiger partial charge in [0.1, 0.15) is 11.8 Å². The second-order valence-electron chi connectivity index (χ2n) is 6.58. The Morgan fingerprint density at radius 1 is 1.00 bits per heavy atom. The molecule has 1 aliphatic heterocycles. The zero-order chi connectivity index (χ0) is 18.7. The molecule has 0 unspecified atom stereocenters. The third-order valence-corrected chi connectivity index (χ3v) is 6.61. The Morgan fingerprint density at radius 3 is 2.31 bits per heavy atom. The van der Waals surface area contributed by atoms with Gasteiger partial charge in [0.15, 0.2) is 0 Å². The number of hydrogen-bond acceptors (Lipinski definition) is 4. The number of sulfonamides is 1. The van der Waals surface area contributed by atoms with Crippen LogP contribution in [0.2, 0.25) is 0 Å². The van der Waals surface area contributed by atoms with E-state index >= 15 is 0 Å². The average Bonchev–Trinajstić information content (AvgIpc) is 2.65. The van der Waals surface area contributed by atoms with Gasteiger partial charge in [0.25, 0.3) is 0 Å². The third kappa shape index (κ3) is 3.66. The summed E-state index contributed by atoms with van der Waals surface area (Å²) < 4.78 is 32.9. The van der Waals surface area contributed by atoms with Crippen LogP contribution in [-0.4, -0.2) is 31.3 Å². The minimum atomic E-state index is -3.74. The number of benzene rings is 2. The third-order valence-electron chi connectivity index (χ3n) is 4.69. The lowest BCUT2D eigenvalue weighted by atomic mass is 10.1. The minimum Gasteiger partial charge on any atom is -0.425 e. The van der Waals surface area contributed by atoms with Crippen molar-refractivity contribution in [2.45, 2.75) is 44.0 Å². The topological polar surface area (TPSA) is 63.7 Å². The van der Waals surface area contributed by atoms with Gasteiger partial charge in [0, 0.05) is 6.54 Å². The van der Waals surface area contributed by atoms with Crippen LogP contribution >= 0.6 is 0 Å². The van der Waals surface area contributed by atoms with E-state index in [2.05, 4.69) is 0 Å². The quantitative estimate of drug-likeness (QED) is 0.608. The first kappa shape index (κ1) is 18.6. The second kappa shape index (κ2) is 7.60. The van der Waals surface area contributed by atoms with E-state index in [1.807, 2.05) is 32.0 Å². The van der Waals surface area contributed by atoms with Crippen molar-refractivity contribution in [3.05, 3.63) is 59.7 Å². The lowest BCUT2D eigenvalue weighted by molar-refractivity contribution is -0.139. The van der Waals surface area contributed by atoms with Gasteiger partial charge in [-0.1, -0.05) is 36.4 Å². The molecular weight excluding hydrogens is 350 g/mol. The van der Waals surface area contributed by atoms with Crippen LogP contribution in [0.3, 0.4) is 0 Å². The molecule has 1 saturated heterocycles. The van der Waals surface area contributed by atoms with Crippen LogP contribution in [0.1, 0.15) is 30.4 Å². The van der Waals surface area contributed by atoms with E-state index in [0.717, 1.165) is 24.0 Å². The molecule has 0 saturated carbocycles. The molecule has 1 fully saturated rings. The van der Waals surface area contributed by atoms with Gasteiger partial charge in [-0.15, -0.1) is 0 Å². The van der Waals surface area contributed by atoms with Crippen LogP contribution in [-0.2, 0) is 14.8 Å². The Labute approximate surface area is 154 Å². The number of carbonyl (C=O) groups is 1. The molecule has 2 aromatic rings. The van der Waals surface area contributed by atoms with Gasteiger partial charge in [-0.25, -0.2) is 13.2 Å². The van der Waals surface area contributed by atoms with Gasteiger partial charge in [-0.3, -0.25) is 0 Å². The largest absolute Gasteiger partial charge is 0.425 e. The summed E-state index contributed by atoms with van der Waals surface area (Å²) in [5.41, 5.74) is 1.71. The normalized spacial score (nSPS) is 18.5. The fourth-order valence-electron chi connectivity index (χ4n) is 3.28. The molecular formula is C20H23NO4S. The lowest BCUT2D eigenvalue weighted by Gasteiger charge is -2.33. The molecule has 1 atom stereocenters. The highest BCUT2D eigenvalue weighted by Gasteiger charge is 2.38. The number of hydrogen-bond donors (Lipinski definition) is 0. The van der Waals surface area contributed by atoms with Crippen molar-refractivity contribution in [1.82, 2.24) is 4.31 Å². The summed E-state index contributed by atoms with van der Waals surface area (Å²) in [5.74, 6) is 0.00161. The van der Waals surface area contributed by atoms with Crippen LogP contribution in [0.4, 0.5) is 0 Å². The number of nitrogens with zero attached hydrogens (tertiary/aromatic N) is 1. The summed E-state index contributed by atoms with van der Waals surface area (Å²) in [6.45, 7) is 4.06. The fourth-order valence-corrected chi connectivity index (χ4v) is 4.95. The Morgan fingerprint density at radius 2 is 1.65 bits per heavy atom. The van der Waals surface area contributed by atoms with Gasteiger partial charge >= 0.3 is 5.97 Å². The Balaban J connectivity index is 1.89. The van der Waals surface area contributed by atoms with Crippen molar-refractivity contribution in [3.8, 4) is 5.75 Å². The molecule has 0 spiro atoms. The van der Waals surface area contributed by atoms with Crippen LogP contribution in [0.15, 0.2) is 53.4 Å². The van der Waals surface area contributed by atoms with Crippen LogP contribution in [0.25, 0.3) is 0 Å². The maximum atomic E-state index is 13.0. The van der Waals surface area contributed by atoms with Crippen LogP contribution < -0.4 is 4.74 Å². The molecule has 6 heteroatoms. The van der Waals surface area contributed by atoms with E-state index in [-0.39, 0.29) is 4.90 Å². The standard InChI is InChI=1S/C20H23NO4S/c1-15-9-8-10-16(2)19(15)25-20(22)18-13-6-7-14-21(18)26(23,24)17-11-4-3-5-12-17/h3-5,8-12,18H,6-7,13-14H2,1-2H3/t18-/m1/s1. The number of ether oxygens (including phenoxy) is 1. The first-order chi connectivity index (χ1) is 12.4. The van der Waals surface area contributed by atoms with Gasteiger partial charge in [0.05, 0.1) is 4.90 Å². The number of esters is 1. The maximum absolute atomic E-state index is 13.0. The molecule has 0 aliphatic carbocycles. The first-order valence-corrected chi connectivity index (χ1v) is 10.2. The lowest BCUT2D eigenvalue weighted by Crippen LogP contribution is -2.49. The van der Waals surface area contributed by atoms with E-state index < -0.39 is 22.0 Å². The van der Waals surface area contributed by atoms with E-state index in [1.165, 1.54) is 4.31 Å². The monoisotopic (exact) mass is 373 g/mol. The van der Waals surface area contributed by atoms with E-state index in [4.69, 9.17) is 4.74 Å². The molecule has 0 bridgehead atoms. The number of piperidine rings is 1. The van der Waals surface area contributed by atoms with Crippen LogP contribution in [0, 0.1) is 13.8 Å². The summed E-state index contributed by atoms with van der Waals surface area (Å²) in [6.07, 6.45) is 2.00. The highest BCUT2D eigenvalue weighted by Crippen LogP contribution is 2.28. The van der Waals surface area contributed by atoms with Crippen molar-refractivity contribution in [1.29, 1.82) is 0 Å². The molecule has 5 nitrogen and oxygen atoms in total. The fraction of sp³-hybridized carbons (Fsp3) is 0.350. The second-order valence-corrected chi connectivity index (χ2v) is 8.47. The van der Waals surface area contributed by atoms with Gasteiger partial charge in [-0.05, 0) is 56.4 Å². The molecule has 2 aromatic carbocycles. The predicted molar refractivity (Wildman–Crippen MR) is 99.5 cm³/mol. The molecule has 0 radical (unpaired) electrons. The van der Waals surface area contributed by atoms with Crippen molar-refractivity contribution < 1.29 is 17.9 Å². The highest BCUT2D eigenvalue weighted by molar-refractivity contribution is 7.89. The van der Waals surface area contributed by atoms with E-state index in [0.29, 0.717) is 18.7 Å².